The summed E-state index contributed by atoms with van der Waals surface area (Å²) in [4.78, 5) is 10.6. The minimum atomic E-state index is 0.656. The van der Waals surface area contributed by atoms with Crippen LogP contribution in [-0.4, -0.2) is 6.41 Å². The van der Waals surface area contributed by atoms with Crippen molar-refractivity contribution in [2.45, 2.75) is 40.0 Å². The van der Waals surface area contributed by atoms with Gasteiger partial charge in [0.1, 0.15) is 0 Å². The fraction of sp³-hybridized carbons (Fsp3) is 0.467. The molecule has 0 heterocycles. The van der Waals surface area contributed by atoms with Crippen LogP contribution in [0.5, 0.6) is 0 Å². The van der Waals surface area contributed by atoms with Crippen molar-refractivity contribution in [1.29, 1.82) is 5.26 Å². The first-order valence-electron chi connectivity index (χ1n) is 6.32. The van der Waals surface area contributed by atoms with E-state index in [0.717, 1.165) is 36.1 Å². The van der Waals surface area contributed by atoms with Crippen molar-refractivity contribution in [3.63, 3.8) is 0 Å². The highest BCUT2D eigenvalue weighted by Crippen LogP contribution is 2.24. The highest BCUT2D eigenvalue weighted by atomic mass is 16.1. The molecule has 0 unspecified atom stereocenters. The number of anilines is 1. The molecule has 0 fully saturated rings. The first-order chi connectivity index (χ1) is 8.58. The molecule has 0 saturated carbocycles. The van der Waals surface area contributed by atoms with Crippen molar-refractivity contribution in [2.75, 3.05) is 5.32 Å². The summed E-state index contributed by atoms with van der Waals surface area (Å²) in [5, 5.41) is 11.7. The number of aryl methyl sites for hydroxylation is 2. The van der Waals surface area contributed by atoms with Gasteiger partial charge in [0.05, 0.1) is 11.6 Å². The van der Waals surface area contributed by atoms with E-state index < -0.39 is 0 Å². The van der Waals surface area contributed by atoms with Gasteiger partial charge in [0.15, 0.2) is 0 Å². The van der Waals surface area contributed by atoms with Gasteiger partial charge in [-0.05, 0) is 48.9 Å². The number of nitriles is 1. The molecule has 1 aromatic rings. The second kappa shape index (κ2) is 6.80. The predicted octanol–water partition coefficient (Wildman–Crippen LogP) is 3.41. The third-order valence-corrected chi connectivity index (χ3v) is 2.98. The Morgan fingerprint density at radius 1 is 1.44 bits per heavy atom. The molecule has 3 nitrogen and oxygen atoms in total. The van der Waals surface area contributed by atoms with Gasteiger partial charge in [0, 0.05) is 5.69 Å². The van der Waals surface area contributed by atoms with Gasteiger partial charge in [-0.2, -0.15) is 5.26 Å². The fourth-order valence-electron chi connectivity index (χ4n) is 2.09. The third kappa shape index (κ3) is 3.89. The zero-order chi connectivity index (χ0) is 13.5. The summed E-state index contributed by atoms with van der Waals surface area (Å²) in [6, 6.07) is 5.84. The van der Waals surface area contributed by atoms with Crippen LogP contribution < -0.4 is 5.32 Å². The average Bonchev–Trinajstić information content (AvgIpc) is 2.32. The monoisotopic (exact) mass is 244 g/mol. The summed E-state index contributed by atoms with van der Waals surface area (Å²) in [7, 11) is 0. The van der Waals surface area contributed by atoms with E-state index >= 15 is 0 Å². The summed E-state index contributed by atoms with van der Waals surface area (Å²) in [5.74, 6) is 0.674. The molecule has 96 valence electrons. The third-order valence-electron chi connectivity index (χ3n) is 2.98. The van der Waals surface area contributed by atoms with Crippen LogP contribution >= 0.6 is 0 Å². The molecule has 1 rings (SSSR count). The largest absolute Gasteiger partial charge is 0.328 e. The first-order valence-corrected chi connectivity index (χ1v) is 6.32. The second-order valence-corrected chi connectivity index (χ2v) is 4.99. The Hall–Kier alpha value is -1.82. The van der Waals surface area contributed by atoms with Crippen molar-refractivity contribution in [1.82, 2.24) is 0 Å². The van der Waals surface area contributed by atoms with E-state index in [0.29, 0.717) is 17.9 Å². The Labute approximate surface area is 109 Å². The lowest BCUT2D eigenvalue weighted by Crippen LogP contribution is -2.03. The zero-order valence-corrected chi connectivity index (χ0v) is 11.3. The van der Waals surface area contributed by atoms with Crippen molar-refractivity contribution in [2.24, 2.45) is 5.92 Å². The van der Waals surface area contributed by atoms with E-state index in [4.69, 9.17) is 5.26 Å². The number of hydrogen-bond donors (Lipinski definition) is 1. The number of benzene rings is 1. The number of carbonyl (C=O) groups is 1. The Balaban J connectivity index is 2.94. The van der Waals surface area contributed by atoms with Crippen LogP contribution in [0.15, 0.2) is 12.1 Å². The summed E-state index contributed by atoms with van der Waals surface area (Å²) in [6.07, 6.45) is 3.81. The molecule has 0 spiro atoms. The smallest absolute Gasteiger partial charge is 0.211 e. The van der Waals surface area contributed by atoms with Crippen molar-refractivity contribution in [3.05, 3.63) is 28.8 Å². The first kappa shape index (κ1) is 14.2. The molecule has 0 aliphatic heterocycles. The van der Waals surface area contributed by atoms with Gasteiger partial charge >= 0.3 is 0 Å². The standard InChI is InChI=1S/C15H20N2O/c1-11(2)5-4-6-14-8-13(9-16)7-12(3)15(14)17-10-18/h7-8,10-11H,4-6H2,1-3H3,(H,17,18). The van der Waals surface area contributed by atoms with Gasteiger partial charge in [0.2, 0.25) is 6.41 Å². The molecule has 3 heteroatoms. The van der Waals surface area contributed by atoms with Crippen LogP contribution in [-0.2, 0) is 11.2 Å². The molecule has 18 heavy (non-hydrogen) atoms. The summed E-state index contributed by atoms with van der Waals surface area (Å²) >= 11 is 0. The van der Waals surface area contributed by atoms with Crippen molar-refractivity contribution < 1.29 is 4.79 Å². The molecule has 0 saturated heterocycles. The lowest BCUT2D eigenvalue weighted by molar-refractivity contribution is -0.105. The maximum atomic E-state index is 10.6. The Morgan fingerprint density at radius 2 is 2.17 bits per heavy atom. The SMILES string of the molecule is Cc1cc(C#N)cc(CCCC(C)C)c1NC=O. The highest BCUT2D eigenvalue weighted by Gasteiger charge is 2.08. The van der Waals surface area contributed by atoms with E-state index in [9.17, 15) is 4.79 Å². The van der Waals surface area contributed by atoms with Gasteiger partial charge in [0.25, 0.3) is 0 Å². The number of nitrogens with one attached hydrogen (secondary N) is 1. The lowest BCUT2D eigenvalue weighted by atomic mass is 9.97. The Bertz CT molecular complexity index is 458. The van der Waals surface area contributed by atoms with Crippen LogP contribution in [0, 0.1) is 24.2 Å². The topological polar surface area (TPSA) is 52.9 Å². The summed E-state index contributed by atoms with van der Waals surface area (Å²) in [6.45, 7) is 6.31. The van der Waals surface area contributed by atoms with E-state index in [1.807, 2.05) is 13.0 Å². The zero-order valence-electron chi connectivity index (χ0n) is 11.3. The van der Waals surface area contributed by atoms with E-state index in [1.165, 1.54) is 0 Å². The maximum Gasteiger partial charge on any atom is 0.211 e. The van der Waals surface area contributed by atoms with Gasteiger partial charge in [-0.3, -0.25) is 4.79 Å². The minimum absolute atomic E-state index is 0.656. The van der Waals surface area contributed by atoms with Crippen LogP contribution in [0.1, 0.15) is 43.4 Å². The molecule has 1 N–H and O–H groups in total. The Morgan fingerprint density at radius 3 is 2.72 bits per heavy atom. The summed E-state index contributed by atoms with van der Waals surface area (Å²) < 4.78 is 0. The molecule has 1 amide bonds. The molecule has 0 aliphatic rings. The van der Waals surface area contributed by atoms with Crippen LogP contribution in [0.3, 0.4) is 0 Å². The van der Waals surface area contributed by atoms with E-state index in [2.05, 4.69) is 25.2 Å². The van der Waals surface area contributed by atoms with Crippen LogP contribution in [0.4, 0.5) is 5.69 Å². The Kier molecular flexibility index (Phi) is 5.38. The quantitative estimate of drug-likeness (QED) is 0.779. The number of carbonyl (C=O) groups excluding carboxylic acids is 1. The number of hydrogen-bond acceptors (Lipinski definition) is 2. The molecule has 1 aromatic carbocycles. The van der Waals surface area contributed by atoms with E-state index in [1.54, 1.807) is 6.07 Å². The molecular weight excluding hydrogens is 224 g/mol. The molecule has 0 bridgehead atoms. The fourth-order valence-corrected chi connectivity index (χ4v) is 2.09. The number of nitrogens with zero attached hydrogens (tertiary/aromatic N) is 1. The normalized spacial score (nSPS) is 10.2. The molecule has 0 atom stereocenters. The average molecular weight is 244 g/mol. The molecule has 0 radical (unpaired) electrons. The highest BCUT2D eigenvalue weighted by molar-refractivity contribution is 5.76. The van der Waals surface area contributed by atoms with Crippen molar-refractivity contribution in [3.8, 4) is 6.07 Å². The number of amides is 1. The molecular formula is C15H20N2O. The molecule has 0 aromatic heterocycles. The van der Waals surface area contributed by atoms with Gasteiger partial charge in [-0.1, -0.05) is 20.3 Å². The van der Waals surface area contributed by atoms with Crippen LogP contribution in [0.2, 0.25) is 0 Å². The van der Waals surface area contributed by atoms with Gasteiger partial charge in [-0.15, -0.1) is 0 Å². The minimum Gasteiger partial charge on any atom is -0.328 e. The van der Waals surface area contributed by atoms with E-state index in [-0.39, 0.29) is 0 Å². The maximum absolute atomic E-state index is 10.6. The van der Waals surface area contributed by atoms with Crippen LogP contribution in [0.25, 0.3) is 0 Å². The predicted molar refractivity (Wildman–Crippen MR) is 73.4 cm³/mol. The lowest BCUT2D eigenvalue weighted by Gasteiger charge is -2.13. The summed E-state index contributed by atoms with van der Waals surface area (Å²) in [5.41, 5.74) is 3.51. The van der Waals surface area contributed by atoms with Gasteiger partial charge in [-0.25, -0.2) is 0 Å². The van der Waals surface area contributed by atoms with Crippen molar-refractivity contribution >= 4 is 12.1 Å². The second-order valence-electron chi connectivity index (χ2n) is 4.99. The molecule has 0 aliphatic carbocycles. The van der Waals surface area contributed by atoms with Gasteiger partial charge < -0.3 is 5.32 Å². The number of rotatable bonds is 6.